The van der Waals surface area contributed by atoms with Crippen LogP contribution in [0.4, 0.5) is 0 Å². The van der Waals surface area contributed by atoms with Crippen molar-refractivity contribution in [3.63, 3.8) is 0 Å². The van der Waals surface area contributed by atoms with Gasteiger partial charge in [-0.15, -0.1) is 0 Å². The summed E-state index contributed by atoms with van der Waals surface area (Å²) >= 11 is 0. The molecule has 2 aliphatic rings. The van der Waals surface area contributed by atoms with E-state index < -0.39 is 0 Å². The summed E-state index contributed by atoms with van der Waals surface area (Å²) in [6, 6.07) is 0. The highest BCUT2D eigenvalue weighted by Crippen LogP contribution is 2.03. The van der Waals surface area contributed by atoms with Crippen molar-refractivity contribution in [3.8, 4) is 0 Å². The Morgan fingerprint density at radius 2 is 1.24 bits per heavy atom. The van der Waals surface area contributed by atoms with Crippen LogP contribution in [0.25, 0.3) is 0 Å². The number of nitrogens with one attached hydrogen (secondary N) is 3. The molecule has 0 aromatic heterocycles. The maximum absolute atomic E-state index is 11.5. The molecule has 21 heavy (non-hydrogen) atoms. The SMILES string of the molecule is O=C1C=CC(=O)N1CCN1CCNCCNCCNCC1. The average molecular weight is 295 g/mol. The molecule has 0 unspecified atom stereocenters. The predicted molar refractivity (Wildman–Crippen MR) is 80.9 cm³/mol. The second-order valence-electron chi connectivity index (χ2n) is 5.25. The van der Waals surface area contributed by atoms with Gasteiger partial charge in [0.15, 0.2) is 0 Å². The molecule has 0 aromatic rings. The first-order chi connectivity index (χ1) is 10.3. The third-order valence-corrected chi connectivity index (χ3v) is 3.71. The van der Waals surface area contributed by atoms with Crippen molar-refractivity contribution >= 4 is 11.8 Å². The highest BCUT2D eigenvalue weighted by molar-refractivity contribution is 6.12. The number of nitrogens with zero attached hydrogens (tertiary/aromatic N) is 2. The zero-order valence-electron chi connectivity index (χ0n) is 12.4. The number of hydrogen-bond donors (Lipinski definition) is 3. The molecule has 0 atom stereocenters. The van der Waals surface area contributed by atoms with E-state index in [1.165, 1.54) is 17.1 Å². The summed E-state index contributed by atoms with van der Waals surface area (Å²) < 4.78 is 0. The van der Waals surface area contributed by atoms with Gasteiger partial charge in [0.25, 0.3) is 11.8 Å². The molecule has 0 aromatic carbocycles. The third kappa shape index (κ3) is 5.55. The minimum absolute atomic E-state index is 0.198. The molecule has 7 nitrogen and oxygen atoms in total. The summed E-state index contributed by atoms with van der Waals surface area (Å²) in [4.78, 5) is 26.7. The number of amides is 2. The molecule has 0 saturated carbocycles. The molecule has 2 amide bonds. The van der Waals surface area contributed by atoms with Crippen LogP contribution in [0.2, 0.25) is 0 Å². The van der Waals surface area contributed by atoms with E-state index >= 15 is 0 Å². The Bertz CT molecular complexity index is 356. The lowest BCUT2D eigenvalue weighted by molar-refractivity contribution is -0.137. The van der Waals surface area contributed by atoms with Crippen molar-refractivity contribution in [3.05, 3.63) is 12.2 Å². The Labute approximate surface area is 125 Å². The van der Waals surface area contributed by atoms with Gasteiger partial charge in [0.2, 0.25) is 0 Å². The van der Waals surface area contributed by atoms with Crippen LogP contribution in [-0.4, -0.2) is 87.1 Å². The molecule has 0 bridgehead atoms. The molecule has 2 heterocycles. The second kappa shape index (κ2) is 8.89. The standard InChI is InChI=1S/C14H25N5O2/c20-13-1-2-14(21)19(13)12-11-18-9-7-16-5-3-15-4-6-17-8-10-18/h1-2,15-17H,3-12H2. The minimum atomic E-state index is -0.198. The van der Waals surface area contributed by atoms with E-state index in [1.807, 2.05) is 0 Å². The van der Waals surface area contributed by atoms with Gasteiger partial charge in [0, 0.05) is 77.6 Å². The van der Waals surface area contributed by atoms with Crippen LogP contribution in [0.1, 0.15) is 0 Å². The van der Waals surface area contributed by atoms with Crippen molar-refractivity contribution in [1.29, 1.82) is 0 Å². The number of imide groups is 1. The Balaban J connectivity index is 1.75. The van der Waals surface area contributed by atoms with Crippen LogP contribution in [0.3, 0.4) is 0 Å². The average Bonchev–Trinajstić information content (AvgIpc) is 2.78. The van der Waals surface area contributed by atoms with Crippen molar-refractivity contribution in [2.45, 2.75) is 0 Å². The summed E-state index contributed by atoms with van der Waals surface area (Å²) in [6.07, 6.45) is 2.68. The fraction of sp³-hybridized carbons (Fsp3) is 0.714. The first-order valence-corrected chi connectivity index (χ1v) is 7.65. The van der Waals surface area contributed by atoms with Gasteiger partial charge in [-0.1, -0.05) is 0 Å². The van der Waals surface area contributed by atoms with Crippen LogP contribution in [-0.2, 0) is 9.59 Å². The number of hydrogen-bond acceptors (Lipinski definition) is 6. The third-order valence-electron chi connectivity index (χ3n) is 3.71. The van der Waals surface area contributed by atoms with E-state index in [4.69, 9.17) is 0 Å². The van der Waals surface area contributed by atoms with E-state index in [9.17, 15) is 9.59 Å². The summed E-state index contributed by atoms with van der Waals surface area (Å²) in [5.74, 6) is -0.395. The lowest BCUT2D eigenvalue weighted by Crippen LogP contribution is -2.45. The Hall–Kier alpha value is -1.28. The fourth-order valence-corrected chi connectivity index (χ4v) is 2.43. The van der Waals surface area contributed by atoms with Gasteiger partial charge in [-0.25, -0.2) is 0 Å². The van der Waals surface area contributed by atoms with E-state index in [0.717, 1.165) is 58.9 Å². The first-order valence-electron chi connectivity index (χ1n) is 7.65. The number of carbonyl (C=O) groups excluding carboxylic acids is 2. The van der Waals surface area contributed by atoms with E-state index in [-0.39, 0.29) is 11.8 Å². The van der Waals surface area contributed by atoms with Crippen molar-refractivity contribution < 1.29 is 9.59 Å². The van der Waals surface area contributed by atoms with Crippen LogP contribution < -0.4 is 16.0 Å². The summed E-state index contributed by atoms with van der Waals surface area (Å²) in [5.41, 5.74) is 0. The predicted octanol–water partition coefficient (Wildman–Crippen LogP) is -2.00. The Morgan fingerprint density at radius 1 is 0.762 bits per heavy atom. The topological polar surface area (TPSA) is 76.7 Å². The van der Waals surface area contributed by atoms with E-state index in [2.05, 4.69) is 20.9 Å². The van der Waals surface area contributed by atoms with Gasteiger partial charge >= 0.3 is 0 Å². The van der Waals surface area contributed by atoms with Crippen LogP contribution in [0, 0.1) is 0 Å². The molecule has 0 aliphatic carbocycles. The Kier molecular flexibility index (Phi) is 6.81. The highest BCUT2D eigenvalue weighted by atomic mass is 16.2. The number of rotatable bonds is 3. The minimum Gasteiger partial charge on any atom is -0.314 e. The maximum atomic E-state index is 11.5. The smallest absolute Gasteiger partial charge is 0.253 e. The lowest BCUT2D eigenvalue weighted by Gasteiger charge is -2.25. The zero-order chi connectivity index (χ0) is 14.9. The van der Waals surface area contributed by atoms with Crippen molar-refractivity contribution in [1.82, 2.24) is 25.8 Å². The zero-order valence-corrected chi connectivity index (χ0v) is 12.4. The molecule has 2 aliphatic heterocycles. The highest BCUT2D eigenvalue weighted by Gasteiger charge is 2.23. The molecule has 1 saturated heterocycles. The quantitative estimate of drug-likeness (QED) is 0.523. The van der Waals surface area contributed by atoms with Crippen molar-refractivity contribution in [2.24, 2.45) is 0 Å². The van der Waals surface area contributed by atoms with Gasteiger partial charge in [-0.05, 0) is 0 Å². The summed E-state index contributed by atoms with van der Waals surface area (Å²) in [6.45, 7) is 8.74. The normalized spacial score (nSPS) is 23.1. The van der Waals surface area contributed by atoms with E-state index in [0.29, 0.717) is 6.54 Å². The van der Waals surface area contributed by atoms with Gasteiger partial charge < -0.3 is 16.0 Å². The van der Waals surface area contributed by atoms with Gasteiger partial charge in [-0.3, -0.25) is 19.4 Å². The molecule has 7 heteroatoms. The second-order valence-corrected chi connectivity index (χ2v) is 5.25. The summed E-state index contributed by atoms with van der Waals surface area (Å²) in [7, 11) is 0. The molecule has 3 N–H and O–H groups in total. The van der Waals surface area contributed by atoms with Crippen LogP contribution in [0.15, 0.2) is 12.2 Å². The monoisotopic (exact) mass is 295 g/mol. The molecular weight excluding hydrogens is 270 g/mol. The first kappa shape index (κ1) is 16.1. The number of carbonyl (C=O) groups is 2. The lowest BCUT2D eigenvalue weighted by atomic mass is 10.4. The molecular formula is C14H25N5O2. The summed E-state index contributed by atoms with van der Waals surface area (Å²) in [5, 5.41) is 10.1. The maximum Gasteiger partial charge on any atom is 0.253 e. The Morgan fingerprint density at radius 3 is 1.76 bits per heavy atom. The molecule has 0 spiro atoms. The van der Waals surface area contributed by atoms with Gasteiger partial charge in [0.1, 0.15) is 0 Å². The molecule has 1 fully saturated rings. The molecule has 0 radical (unpaired) electrons. The van der Waals surface area contributed by atoms with Crippen molar-refractivity contribution in [2.75, 3.05) is 65.4 Å². The fourth-order valence-electron chi connectivity index (χ4n) is 2.43. The molecule has 118 valence electrons. The van der Waals surface area contributed by atoms with Gasteiger partial charge in [-0.2, -0.15) is 0 Å². The molecule has 2 rings (SSSR count). The largest absolute Gasteiger partial charge is 0.314 e. The van der Waals surface area contributed by atoms with Crippen LogP contribution >= 0.6 is 0 Å². The van der Waals surface area contributed by atoms with E-state index in [1.54, 1.807) is 0 Å². The van der Waals surface area contributed by atoms with Crippen LogP contribution in [0.5, 0.6) is 0 Å². The van der Waals surface area contributed by atoms with Gasteiger partial charge in [0.05, 0.1) is 0 Å².